The Morgan fingerprint density at radius 3 is 2.65 bits per heavy atom. The van der Waals surface area contributed by atoms with Gasteiger partial charge in [0.05, 0.1) is 6.10 Å². The van der Waals surface area contributed by atoms with E-state index in [1.165, 1.54) is 12.1 Å². The number of benzene rings is 1. The van der Waals surface area contributed by atoms with Crippen LogP contribution in [0, 0.1) is 17.6 Å². The highest BCUT2D eigenvalue weighted by atomic mass is 19.1. The van der Waals surface area contributed by atoms with Crippen LogP contribution in [-0.4, -0.2) is 24.9 Å². The molecule has 2 nitrogen and oxygen atoms in total. The molecular weight excluding hydrogens is 226 g/mol. The van der Waals surface area contributed by atoms with Crippen LogP contribution < -0.4 is 0 Å². The van der Waals surface area contributed by atoms with Gasteiger partial charge in [0.2, 0.25) is 0 Å². The Bertz CT molecular complexity index is 355. The maximum absolute atomic E-state index is 13.4. The summed E-state index contributed by atoms with van der Waals surface area (Å²) in [6, 6.07) is 3.41. The molecule has 1 rings (SSSR count). The highest BCUT2D eigenvalue weighted by molar-refractivity contribution is 5.19. The first-order valence-electron chi connectivity index (χ1n) is 5.65. The van der Waals surface area contributed by atoms with Crippen LogP contribution in [0.3, 0.4) is 0 Å². The highest BCUT2D eigenvalue weighted by Gasteiger charge is 2.16. The van der Waals surface area contributed by atoms with Crippen molar-refractivity contribution in [3.8, 4) is 0 Å². The predicted octanol–water partition coefficient (Wildman–Crippen LogP) is 2.54. The number of hydrogen-bond donors (Lipinski definition) is 1. The third-order valence-electron chi connectivity index (χ3n) is 2.88. The van der Waals surface area contributed by atoms with Gasteiger partial charge in [0.15, 0.2) is 0 Å². The molecule has 1 N–H and O–H groups in total. The summed E-state index contributed by atoms with van der Waals surface area (Å²) >= 11 is 0. The summed E-state index contributed by atoms with van der Waals surface area (Å²) in [5.41, 5.74) is 0.336. The Labute approximate surface area is 100 Å². The summed E-state index contributed by atoms with van der Waals surface area (Å²) in [6.07, 6.45) is 0.252. The van der Waals surface area contributed by atoms with Gasteiger partial charge in [-0.3, -0.25) is 0 Å². The molecule has 0 radical (unpaired) electrons. The molecule has 0 amide bonds. The minimum atomic E-state index is -0.648. The van der Waals surface area contributed by atoms with E-state index in [0.29, 0.717) is 18.6 Å². The lowest BCUT2D eigenvalue weighted by Crippen LogP contribution is -2.22. The van der Waals surface area contributed by atoms with Crippen molar-refractivity contribution < 1.29 is 18.6 Å². The van der Waals surface area contributed by atoms with Gasteiger partial charge in [-0.1, -0.05) is 13.0 Å². The van der Waals surface area contributed by atoms with Crippen LogP contribution >= 0.6 is 0 Å². The monoisotopic (exact) mass is 244 g/mol. The lowest BCUT2D eigenvalue weighted by atomic mass is 9.95. The number of aliphatic hydroxyl groups is 1. The van der Waals surface area contributed by atoms with E-state index in [2.05, 4.69) is 0 Å². The summed E-state index contributed by atoms with van der Waals surface area (Å²) in [6.45, 7) is 2.44. The summed E-state index contributed by atoms with van der Waals surface area (Å²) in [5, 5.41) is 9.88. The molecule has 2 unspecified atom stereocenters. The van der Waals surface area contributed by atoms with Crippen LogP contribution in [-0.2, 0) is 11.2 Å². The number of halogens is 2. The molecule has 4 heteroatoms. The predicted molar refractivity (Wildman–Crippen MR) is 61.7 cm³/mol. The van der Waals surface area contributed by atoms with E-state index in [1.807, 2.05) is 6.92 Å². The van der Waals surface area contributed by atoms with Crippen molar-refractivity contribution >= 4 is 0 Å². The molecule has 0 aliphatic heterocycles. The molecule has 2 atom stereocenters. The lowest BCUT2D eigenvalue weighted by Gasteiger charge is -2.18. The summed E-state index contributed by atoms with van der Waals surface area (Å²) in [7, 11) is 1.60. The largest absolute Gasteiger partial charge is 0.393 e. The summed E-state index contributed by atoms with van der Waals surface area (Å²) in [4.78, 5) is 0. The van der Waals surface area contributed by atoms with E-state index < -0.39 is 17.7 Å². The SMILES string of the molecule is COCCC(C)C(O)Cc1ccc(F)cc1F. The van der Waals surface area contributed by atoms with Crippen molar-refractivity contribution in [3.05, 3.63) is 35.4 Å². The van der Waals surface area contributed by atoms with Crippen molar-refractivity contribution in [2.24, 2.45) is 5.92 Å². The quantitative estimate of drug-likeness (QED) is 0.833. The van der Waals surface area contributed by atoms with Gasteiger partial charge in [-0.15, -0.1) is 0 Å². The van der Waals surface area contributed by atoms with Crippen LogP contribution in [0.2, 0.25) is 0 Å². The van der Waals surface area contributed by atoms with Crippen molar-refractivity contribution in [2.75, 3.05) is 13.7 Å². The number of ether oxygens (including phenoxy) is 1. The molecular formula is C13H18F2O2. The molecule has 0 spiro atoms. The molecule has 0 saturated heterocycles. The second-order valence-electron chi connectivity index (χ2n) is 4.27. The molecule has 0 aromatic heterocycles. The summed E-state index contributed by atoms with van der Waals surface area (Å²) < 4.78 is 31.0. The lowest BCUT2D eigenvalue weighted by molar-refractivity contribution is 0.0880. The molecule has 0 saturated carbocycles. The zero-order valence-electron chi connectivity index (χ0n) is 10.1. The average Bonchev–Trinajstić information content (AvgIpc) is 2.29. The van der Waals surface area contributed by atoms with Crippen molar-refractivity contribution in [2.45, 2.75) is 25.9 Å². The van der Waals surface area contributed by atoms with Crippen molar-refractivity contribution in [1.29, 1.82) is 0 Å². The highest BCUT2D eigenvalue weighted by Crippen LogP contribution is 2.17. The maximum Gasteiger partial charge on any atom is 0.129 e. The Morgan fingerprint density at radius 2 is 2.06 bits per heavy atom. The van der Waals surface area contributed by atoms with Gasteiger partial charge in [0.1, 0.15) is 11.6 Å². The smallest absolute Gasteiger partial charge is 0.129 e. The molecule has 0 heterocycles. The minimum absolute atomic E-state index is 0.0133. The van der Waals surface area contributed by atoms with Gasteiger partial charge in [-0.25, -0.2) is 8.78 Å². The number of aliphatic hydroxyl groups excluding tert-OH is 1. The second kappa shape index (κ2) is 6.67. The third-order valence-corrected chi connectivity index (χ3v) is 2.88. The van der Waals surface area contributed by atoms with E-state index in [4.69, 9.17) is 4.74 Å². The Hall–Kier alpha value is -1.00. The van der Waals surface area contributed by atoms with E-state index >= 15 is 0 Å². The number of methoxy groups -OCH3 is 1. The molecule has 1 aromatic carbocycles. The van der Waals surface area contributed by atoms with Crippen LogP contribution in [0.5, 0.6) is 0 Å². The number of hydrogen-bond acceptors (Lipinski definition) is 2. The van der Waals surface area contributed by atoms with Crippen LogP contribution in [0.1, 0.15) is 18.9 Å². The first kappa shape index (κ1) is 14.1. The zero-order chi connectivity index (χ0) is 12.8. The van der Waals surface area contributed by atoms with Crippen LogP contribution in [0.4, 0.5) is 8.78 Å². The van der Waals surface area contributed by atoms with Crippen molar-refractivity contribution in [1.82, 2.24) is 0 Å². The third kappa shape index (κ3) is 4.40. The zero-order valence-corrected chi connectivity index (χ0v) is 10.1. The van der Waals surface area contributed by atoms with E-state index in [9.17, 15) is 13.9 Å². The van der Waals surface area contributed by atoms with Crippen LogP contribution in [0.15, 0.2) is 18.2 Å². The average molecular weight is 244 g/mol. The molecule has 0 aliphatic carbocycles. The molecule has 1 aromatic rings. The fourth-order valence-corrected chi connectivity index (χ4v) is 1.61. The van der Waals surface area contributed by atoms with E-state index in [0.717, 1.165) is 6.07 Å². The minimum Gasteiger partial charge on any atom is -0.393 e. The van der Waals surface area contributed by atoms with Gasteiger partial charge in [0.25, 0.3) is 0 Å². The van der Waals surface area contributed by atoms with Gasteiger partial charge >= 0.3 is 0 Å². The standard InChI is InChI=1S/C13H18F2O2/c1-9(5-6-17-2)13(16)7-10-3-4-11(14)8-12(10)15/h3-4,8-9,13,16H,5-7H2,1-2H3. The normalized spacial score (nSPS) is 14.6. The Morgan fingerprint density at radius 1 is 1.35 bits per heavy atom. The maximum atomic E-state index is 13.4. The molecule has 0 aliphatic rings. The van der Waals surface area contributed by atoms with E-state index in [1.54, 1.807) is 7.11 Å². The topological polar surface area (TPSA) is 29.5 Å². The Kier molecular flexibility index (Phi) is 5.51. The van der Waals surface area contributed by atoms with Gasteiger partial charge < -0.3 is 9.84 Å². The fourth-order valence-electron chi connectivity index (χ4n) is 1.61. The first-order chi connectivity index (χ1) is 8.04. The van der Waals surface area contributed by atoms with Gasteiger partial charge in [-0.05, 0) is 24.0 Å². The van der Waals surface area contributed by atoms with Gasteiger partial charge in [-0.2, -0.15) is 0 Å². The Balaban J connectivity index is 2.58. The summed E-state index contributed by atoms with van der Waals surface area (Å²) in [5.74, 6) is -1.20. The fraction of sp³-hybridized carbons (Fsp3) is 0.538. The number of rotatable bonds is 6. The molecule has 96 valence electrons. The molecule has 0 bridgehead atoms. The van der Waals surface area contributed by atoms with Gasteiger partial charge in [0, 0.05) is 26.2 Å². The molecule has 17 heavy (non-hydrogen) atoms. The first-order valence-corrected chi connectivity index (χ1v) is 5.65. The second-order valence-corrected chi connectivity index (χ2v) is 4.27. The van der Waals surface area contributed by atoms with Crippen LogP contribution in [0.25, 0.3) is 0 Å². The van der Waals surface area contributed by atoms with Crippen molar-refractivity contribution in [3.63, 3.8) is 0 Å². The van der Waals surface area contributed by atoms with E-state index in [-0.39, 0.29) is 12.3 Å². The molecule has 0 fully saturated rings.